The van der Waals surface area contributed by atoms with Gasteiger partial charge in [-0.3, -0.25) is 0 Å². The molecule has 2 saturated heterocycles. The molecule has 5 rings (SSSR count). The second-order valence-corrected chi connectivity index (χ2v) is 8.83. The molecule has 7 nitrogen and oxygen atoms in total. The minimum atomic E-state index is -0.242. The van der Waals surface area contributed by atoms with E-state index in [2.05, 4.69) is 38.3 Å². The van der Waals surface area contributed by atoms with Crippen LogP contribution in [0.25, 0.3) is 22.8 Å². The third kappa shape index (κ3) is 4.66. The second kappa shape index (κ2) is 9.34. The Morgan fingerprint density at radius 1 is 0.969 bits per heavy atom. The summed E-state index contributed by atoms with van der Waals surface area (Å²) in [5.41, 5.74) is 2.55. The van der Waals surface area contributed by atoms with Crippen molar-refractivity contribution >= 4 is 5.95 Å². The molecule has 4 heterocycles. The number of nitrogens with one attached hydrogen (secondary N) is 2. The largest absolute Gasteiger partial charge is 0.351 e. The molecule has 32 heavy (non-hydrogen) atoms. The summed E-state index contributed by atoms with van der Waals surface area (Å²) >= 11 is 0. The molecule has 3 aromatic rings. The zero-order valence-electron chi connectivity index (χ0n) is 18.5. The van der Waals surface area contributed by atoms with E-state index in [0.29, 0.717) is 18.0 Å². The Bertz CT molecular complexity index is 1030. The van der Waals surface area contributed by atoms with E-state index in [1.54, 1.807) is 18.3 Å². The van der Waals surface area contributed by atoms with Gasteiger partial charge in [0.25, 0.3) is 0 Å². The fourth-order valence-electron chi connectivity index (χ4n) is 4.60. The minimum Gasteiger partial charge on any atom is -0.351 e. The number of halogens is 1. The molecule has 8 heteroatoms. The van der Waals surface area contributed by atoms with Crippen molar-refractivity contribution in [2.45, 2.75) is 37.8 Å². The molecule has 0 amide bonds. The molecule has 2 aromatic heterocycles. The average Bonchev–Trinajstić information content (AvgIpc) is 3.26. The molecule has 0 unspecified atom stereocenters. The lowest BCUT2D eigenvalue weighted by molar-refractivity contribution is 0.222. The molecule has 2 fully saturated rings. The van der Waals surface area contributed by atoms with Crippen molar-refractivity contribution in [1.82, 2.24) is 29.7 Å². The standard InChI is InChI=1S/C24H30FN7/c1-31-14-9-20(10-15-31)32-16-22(17-2-4-18(25)5-3-17)29-23(32)21-8-13-27-24(30-21)28-19-6-11-26-12-7-19/h2-5,8,13,16,19-20,26H,6-7,9-12,14-15H2,1H3,(H,27,28,30). The van der Waals surface area contributed by atoms with Crippen LogP contribution >= 0.6 is 0 Å². The summed E-state index contributed by atoms with van der Waals surface area (Å²) in [4.78, 5) is 16.6. The number of hydrogen-bond acceptors (Lipinski definition) is 6. The van der Waals surface area contributed by atoms with Gasteiger partial charge in [0.15, 0.2) is 5.82 Å². The van der Waals surface area contributed by atoms with Gasteiger partial charge in [-0.05, 0) is 89.2 Å². The molecule has 2 N–H and O–H groups in total. The first kappa shape index (κ1) is 21.0. The van der Waals surface area contributed by atoms with Gasteiger partial charge in [-0.15, -0.1) is 0 Å². The molecule has 2 aliphatic rings. The van der Waals surface area contributed by atoms with E-state index < -0.39 is 0 Å². The molecule has 168 valence electrons. The van der Waals surface area contributed by atoms with Gasteiger partial charge in [-0.1, -0.05) is 0 Å². The van der Waals surface area contributed by atoms with Gasteiger partial charge in [0.05, 0.1) is 5.69 Å². The summed E-state index contributed by atoms with van der Waals surface area (Å²) in [7, 11) is 2.16. The van der Waals surface area contributed by atoms with Gasteiger partial charge >= 0.3 is 0 Å². The number of piperidine rings is 2. The summed E-state index contributed by atoms with van der Waals surface area (Å²) < 4.78 is 15.7. The Kier molecular flexibility index (Phi) is 6.14. The highest BCUT2D eigenvalue weighted by Gasteiger charge is 2.24. The van der Waals surface area contributed by atoms with Crippen molar-refractivity contribution in [3.63, 3.8) is 0 Å². The zero-order valence-corrected chi connectivity index (χ0v) is 18.5. The summed E-state index contributed by atoms with van der Waals surface area (Å²) in [5.74, 6) is 1.25. The van der Waals surface area contributed by atoms with Crippen molar-refractivity contribution in [3.8, 4) is 22.8 Å². The van der Waals surface area contributed by atoms with Crippen molar-refractivity contribution < 1.29 is 4.39 Å². The fraction of sp³-hybridized carbons (Fsp3) is 0.458. The molecule has 0 saturated carbocycles. The van der Waals surface area contributed by atoms with Crippen molar-refractivity contribution in [3.05, 3.63) is 48.5 Å². The lowest BCUT2D eigenvalue weighted by Gasteiger charge is -2.30. The maximum absolute atomic E-state index is 13.5. The second-order valence-electron chi connectivity index (χ2n) is 8.83. The van der Waals surface area contributed by atoms with Crippen LogP contribution in [0.1, 0.15) is 31.7 Å². The molecule has 0 bridgehead atoms. The molecule has 0 atom stereocenters. The van der Waals surface area contributed by atoms with E-state index in [1.165, 1.54) is 12.1 Å². The Labute approximate surface area is 188 Å². The number of likely N-dealkylation sites (tertiary alicyclic amines) is 1. The first-order chi connectivity index (χ1) is 15.7. The van der Waals surface area contributed by atoms with Crippen LogP contribution in [-0.4, -0.2) is 63.7 Å². The lowest BCUT2D eigenvalue weighted by atomic mass is 10.1. The van der Waals surface area contributed by atoms with Gasteiger partial charge in [0.1, 0.15) is 11.5 Å². The minimum absolute atomic E-state index is 0.242. The highest BCUT2D eigenvalue weighted by atomic mass is 19.1. The quantitative estimate of drug-likeness (QED) is 0.638. The van der Waals surface area contributed by atoms with Crippen LogP contribution in [0.15, 0.2) is 42.7 Å². The lowest BCUT2D eigenvalue weighted by Crippen LogP contribution is -2.35. The third-order valence-corrected chi connectivity index (χ3v) is 6.51. The predicted molar refractivity (Wildman–Crippen MR) is 124 cm³/mol. The van der Waals surface area contributed by atoms with Crippen LogP contribution in [0.2, 0.25) is 0 Å². The van der Waals surface area contributed by atoms with Crippen molar-refractivity contribution in [2.75, 3.05) is 38.5 Å². The first-order valence-corrected chi connectivity index (χ1v) is 11.5. The molecule has 1 aromatic carbocycles. The van der Waals surface area contributed by atoms with E-state index in [1.807, 2.05) is 6.07 Å². The molecule has 0 radical (unpaired) electrons. The van der Waals surface area contributed by atoms with Gasteiger partial charge in [0.2, 0.25) is 5.95 Å². The van der Waals surface area contributed by atoms with E-state index >= 15 is 0 Å². The van der Waals surface area contributed by atoms with Crippen molar-refractivity contribution in [1.29, 1.82) is 0 Å². The summed E-state index contributed by atoms with van der Waals surface area (Å²) in [6, 6.07) is 9.20. The van der Waals surface area contributed by atoms with Gasteiger partial charge < -0.3 is 20.1 Å². The summed E-state index contributed by atoms with van der Waals surface area (Å²) in [6.07, 6.45) is 8.15. The molecular weight excluding hydrogens is 405 g/mol. The SMILES string of the molecule is CN1CCC(n2cc(-c3ccc(F)cc3)nc2-c2ccnc(NC3CCNCC3)n2)CC1. The van der Waals surface area contributed by atoms with Crippen LogP contribution in [0.5, 0.6) is 0 Å². The van der Waals surface area contributed by atoms with E-state index in [0.717, 1.165) is 74.6 Å². The van der Waals surface area contributed by atoms with Crippen LogP contribution in [-0.2, 0) is 0 Å². The highest BCUT2D eigenvalue weighted by molar-refractivity contribution is 5.64. The average molecular weight is 436 g/mol. The topological polar surface area (TPSA) is 70.9 Å². The smallest absolute Gasteiger partial charge is 0.223 e. The maximum atomic E-state index is 13.5. The van der Waals surface area contributed by atoms with Gasteiger partial charge in [-0.25, -0.2) is 19.3 Å². The van der Waals surface area contributed by atoms with Gasteiger partial charge in [0, 0.05) is 30.0 Å². The third-order valence-electron chi connectivity index (χ3n) is 6.51. The Hall–Kier alpha value is -2.84. The number of anilines is 1. The molecule has 0 spiro atoms. The molecule has 2 aliphatic heterocycles. The van der Waals surface area contributed by atoms with Gasteiger partial charge in [-0.2, -0.15) is 0 Å². The van der Waals surface area contributed by atoms with Crippen LogP contribution in [0.3, 0.4) is 0 Å². The zero-order chi connectivity index (χ0) is 21.9. The normalized spacial score (nSPS) is 18.7. The molecular formula is C24H30FN7. The number of hydrogen-bond donors (Lipinski definition) is 2. The number of benzene rings is 1. The number of nitrogens with zero attached hydrogens (tertiary/aromatic N) is 5. The van der Waals surface area contributed by atoms with Crippen LogP contribution in [0.4, 0.5) is 10.3 Å². The predicted octanol–water partition coefficient (Wildman–Crippen LogP) is 3.58. The van der Waals surface area contributed by atoms with Crippen molar-refractivity contribution in [2.24, 2.45) is 0 Å². The summed E-state index contributed by atoms with van der Waals surface area (Å²) in [6.45, 7) is 4.14. The monoisotopic (exact) mass is 435 g/mol. The first-order valence-electron chi connectivity index (χ1n) is 11.5. The Morgan fingerprint density at radius 2 is 1.72 bits per heavy atom. The number of rotatable bonds is 5. The Balaban J connectivity index is 1.48. The number of aromatic nitrogens is 4. The highest BCUT2D eigenvalue weighted by Crippen LogP contribution is 2.31. The summed E-state index contributed by atoms with van der Waals surface area (Å²) in [5, 5.41) is 6.88. The van der Waals surface area contributed by atoms with E-state index in [9.17, 15) is 4.39 Å². The number of imidazole rings is 1. The fourth-order valence-corrected chi connectivity index (χ4v) is 4.60. The van der Waals surface area contributed by atoms with Crippen LogP contribution in [0, 0.1) is 5.82 Å². The van der Waals surface area contributed by atoms with Crippen LogP contribution < -0.4 is 10.6 Å². The molecule has 0 aliphatic carbocycles. The Morgan fingerprint density at radius 3 is 2.47 bits per heavy atom. The maximum Gasteiger partial charge on any atom is 0.223 e. The van der Waals surface area contributed by atoms with E-state index in [-0.39, 0.29) is 5.82 Å². The van der Waals surface area contributed by atoms with E-state index in [4.69, 9.17) is 9.97 Å².